The Morgan fingerprint density at radius 3 is 2.76 bits per heavy atom. The fourth-order valence-corrected chi connectivity index (χ4v) is 2.87. The van der Waals surface area contributed by atoms with Gasteiger partial charge in [0.2, 0.25) is 0 Å². The standard InChI is InChI=1S/C16H25N/c1-13(7-6-12-17)9-10-15-14(2)8-5-11-16(15,3)4/h7H,5-6,8-11H2,1-4H3. The maximum absolute atomic E-state index is 8.55. The van der Waals surface area contributed by atoms with Crippen molar-refractivity contribution in [1.29, 1.82) is 5.26 Å². The van der Waals surface area contributed by atoms with Gasteiger partial charge in [-0.25, -0.2) is 0 Å². The minimum absolute atomic E-state index is 0.387. The van der Waals surface area contributed by atoms with Crippen LogP contribution < -0.4 is 0 Å². The van der Waals surface area contributed by atoms with Crippen LogP contribution in [0.1, 0.15) is 66.2 Å². The Morgan fingerprint density at radius 2 is 2.18 bits per heavy atom. The second kappa shape index (κ2) is 6.05. The monoisotopic (exact) mass is 231 g/mol. The van der Waals surface area contributed by atoms with Gasteiger partial charge in [0.05, 0.1) is 12.5 Å². The highest BCUT2D eigenvalue weighted by Crippen LogP contribution is 2.42. The fourth-order valence-electron chi connectivity index (χ4n) is 2.87. The maximum atomic E-state index is 8.55. The van der Waals surface area contributed by atoms with Crippen molar-refractivity contribution in [1.82, 2.24) is 0 Å². The first-order valence-corrected chi connectivity index (χ1v) is 6.69. The molecule has 0 aromatic carbocycles. The van der Waals surface area contributed by atoms with E-state index in [0.29, 0.717) is 11.8 Å². The zero-order valence-corrected chi connectivity index (χ0v) is 11.8. The molecule has 1 aliphatic carbocycles. The Hall–Kier alpha value is -1.03. The third-order valence-electron chi connectivity index (χ3n) is 4.00. The first-order valence-electron chi connectivity index (χ1n) is 6.69. The first-order chi connectivity index (χ1) is 7.97. The summed E-state index contributed by atoms with van der Waals surface area (Å²) in [5.74, 6) is 0. The molecule has 17 heavy (non-hydrogen) atoms. The summed E-state index contributed by atoms with van der Waals surface area (Å²) in [5.41, 5.74) is 5.01. The molecule has 0 heterocycles. The van der Waals surface area contributed by atoms with Crippen molar-refractivity contribution in [2.45, 2.75) is 66.2 Å². The molecule has 0 atom stereocenters. The number of rotatable bonds is 4. The van der Waals surface area contributed by atoms with Crippen LogP contribution in [-0.2, 0) is 0 Å². The van der Waals surface area contributed by atoms with Crippen LogP contribution in [0, 0.1) is 16.7 Å². The van der Waals surface area contributed by atoms with Gasteiger partial charge < -0.3 is 0 Å². The van der Waals surface area contributed by atoms with E-state index in [-0.39, 0.29) is 0 Å². The molecule has 0 saturated heterocycles. The lowest BCUT2D eigenvalue weighted by Gasteiger charge is -2.34. The smallest absolute Gasteiger partial charge is 0.0663 e. The van der Waals surface area contributed by atoms with Gasteiger partial charge in [0, 0.05) is 0 Å². The highest BCUT2D eigenvalue weighted by Gasteiger charge is 2.27. The van der Waals surface area contributed by atoms with E-state index in [1.54, 1.807) is 11.1 Å². The Labute approximate surface area is 106 Å². The fraction of sp³-hybridized carbons (Fsp3) is 0.688. The molecule has 1 aliphatic rings. The molecule has 0 amide bonds. The normalized spacial score (nSPS) is 20.3. The molecule has 0 radical (unpaired) electrons. The second-order valence-corrected chi connectivity index (χ2v) is 5.91. The molecule has 1 nitrogen and oxygen atoms in total. The van der Waals surface area contributed by atoms with Crippen LogP contribution in [0.5, 0.6) is 0 Å². The van der Waals surface area contributed by atoms with Crippen molar-refractivity contribution in [2.75, 3.05) is 0 Å². The summed E-state index contributed by atoms with van der Waals surface area (Å²) in [4.78, 5) is 0. The van der Waals surface area contributed by atoms with Crippen molar-refractivity contribution in [3.8, 4) is 6.07 Å². The van der Waals surface area contributed by atoms with Crippen LogP contribution in [0.4, 0.5) is 0 Å². The summed E-state index contributed by atoms with van der Waals surface area (Å²) < 4.78 is 0. The van der Waals surface area contributed by atoms with Gasteiger partial charge in [-0.1, -0.05) is 36.6 Å². The molecular formula is C16H25N. The molecule has 0 unspecified atom stereocenters. The van der Waals surface area contributed by atoms with Crippen molar-refractivity contribution in [3.05, 3.63) is 22.8 Å². The van der Waals surface area contributed by atoms with Gasteiger partial charge in [0.15, 0.2) is 0 Å². The lowest BCUT2D eigenvalue weighted by molar-refractivity contribution is 0.354. The van der Waals surface area contributed by atoms with Gasteiger partial charge in [-0.2, -0.15) is 5.26 Å². The summed E-state index contributed by atoms with van der Waals surface area (Å²) in [6, 6.07) is 2.17. The summed E-state index contributed by atoms with van der Waals surface area (Å²) >= 11 is 0. The third kappa shape index (κ3) is 4.04. The van der Waals surface area contributed by atoms with E-state index in [4.69, 9.17) is 5.26 Å². The van der Waals surface area contributed by atoms with Crippen molar-refractivity contribution >= 4 is 0 Å². The van der Waals surface area contributed by atoms with Gasteiger partial charge in [-0.05, 0) is 51.4 Å². The zero-order valence-electron chi connectivity index (χ0n) is 11.8. The number of nitrogens with zero attached hydrogens (tertiary/aromatic N) is 1. The molecule has 0 saturated carbocycles. The van der Waals surface area contributed by atoms with Crippen LogP contribution in [0.3, 0.4) is 0 Å². The topological polar surface area (TPSA) is 23.8 Å². The Kier molecular flexibility index (Phi) is 5.00. The number of nitriles is 1. The van der Waals surface area contributed by atoms with Crippen LogP contribution in [-0.4, -0.2) is 0 Å². The lowest BCUT2D eigenvalue weighted by atomic mass is 9.71. The molecule has 1 heteroatoms. The molecule has 0 aromatic rings. The van der Waals surface area contributed by atoms with Gasteiger partial charge in [-0.3, -0.25) is 0 Å². The van der Waals surface area contributed by atoms with Gasteiger partial charge >= 0.3 is 0 Å². The number of allylic oxidation sites excluding steroid dienone is 4. The molecule has 0 N–H and O–H groups in total. The van der Waals surface area contributed by atoms with E-state index in [0.717, 1.165) is 6.42 Å². The molecule has 94 valence electrons. The number of hydrogen-bond acceptors (Lipinski definition) is 1. The predicted molar refractivity (Wildman–Crippen MR) is 73.6 cm³/mol. The van der Waals surface area contributed by atoms with E-state index in [1.165, 1.54) is 31.3 Å². The van der Waals surface area contributed by atoms with Gasteiger partial charge in [0.1, 0.15) is 0 Å². The quantitative estimate of drug-likeness (QED) is 0.613. The van der Waals surface area contributed by atoms with Gasteiger partial charge in [0.25, 0.3) is 0 Å². The highest BCUT2D eigenvalue weighted by molar-refractivity contribution is 5.23. The summed E-state index contributed by atoms with van der Waals surface area (Å²) in [7, 11) is 0. The Bertz CT molecular complexity index is 363. The maximum Gasteiger partial charge on any atom is 0.0663 e. The molecular weight excluding hydrogens is 206 g/mol. The molecule has 1 rings (SSSR count). The average Bonchev–Trinajstić information content (AvgIpc) is 2.24. The van der Waals surface area contributed by atoms with Crippen molar-refractivity contribution in [2.24, 2.45) is 5.41 Å². The largest absolute Gasteiger partial charge is 0.198 e. The molecule has 0 spiro atoms. The van der Waals surface area contributed by atoms with E-state index in [1.807, 2.05) is 0 Å². The summed E-state index contributed by atoms with van der Waals surface area (Å²) in [5, 5.41) is 8.55. The molecule has 0 bridgehead atoms. The highest BCUT2D eigenvalue weighted by atomic mass is 14.3. The van der Waals surface area contributed by atoms with E-state index in [2.05, 4.69) is 39.8 Å². The summed E-state index contributed by atoms with van der Waals surface area (Å²) in [6.07, 6.45) is 8.83. The van der Waals surface area contributed by atoms with Crippen molar-refractivity contribution in [3.63, 3.8) is 0 Å². The van der Waals surface area contributed by atoms with E-state index >= 15 is 0 Å². The van der Waals surface area contributed by atoms with Crippen LogP contribution in [0.25, 0.3) is 0 Å². The molecule has 0 aromatic heterocycles. The Morgan fingerprint density at radius 1 is 1.47 bits per heavy atom. The lowest BCUT2D eigenvalue weighted by Crippen LogP contribution is -2.20. The van der Waals surface area contributed by atoms with E-state index in [9.17, 15) is 0 Å². The van der Waals surface area contributed by atoms with Crippen LogP contribution >= 0.6 is 0 Å². The van der Waals surface area contributed by atoms with Crippen molar-refractivity contribution < 1.29 is 0 Å². The third-order valence-corrected chi connectivity index (χ3v) is 4.00. The first kappa shape index (κ1) is 14.0. The SMILES string of the molecule is CC(=CCC#N)CCC1=C(C)CCCC1(C)C. The number of hydrogen-bond donors (Lipinski definition) is 0. The predicted octanol–water partition coefficient (Wildman–Crippen LogP) is 5.15. The van der Waals surface area contributed by atoms with Gasteiger partial charge in [-0.15, -0.1) is 0 Å². The summed E-state index contributed by atoms with van der Waals surface area (Å²) in [6.45, 7) is 9.19. The molecule has 0 aliphatic heterocycles. The average molecular weight is 231 g/mol. The van der Waals surface area contributed by atoms with Crippen LogP contribution in [0.2, 0.25) is 0 Å². The van der Waals surface area contributed by atoms with Crippen LogP contribution in [0.15, 0.2) is 22.8 Å². The minimum atomic E-state index is 0.387. The Balaban J connectivity index is 2.64. The zero-order chi connectivity index (χ0) is 12.9. The molecule has 0 fully saturated rings. The second-order valence-electron chi connectivity index (χ2n) is 5.91. The van der Waals surface area contributed by atoms with E-state index < -0.39 is 0 Å². The minimum Gasteiger partial charge on any atom is -0.198 e.